The van der Waals surface area contributed by atoms with Crippen LogP contribution >= 0.6 is 11.6 Å². The summed E-state index contributed by atoms with van der Waals surface area (Å²) in [6, 6.07) is 4.18. The largest absolute Gasteiger partial charge is 0.495 e. The zero-order chi connectivity index (χ0) is 14.2. The highest BCUT2D eigenvalue weighted by atomic mass is 35.5. The lowest BCUT2D eigenvalue weighted by atomic mass is 10.1. The molecule has 1 aromatic rings. The molecule has 0 aliphatic carbocycles. The second-order valence-electron chi connectivity index (χ2n) is 4.21. The van der Waals surface area contributed by atoms with Gasteiger partial charge in [-0.15, -0.1) is 0 Å². The van der Waals surface area contributed by atoms with E-state index >= 15 is 0 Å². The van der Waals surface area contributed by atoms with Crippen molar-refractivity contribution in [1.82, 2.24) is 4.31 Å². The van der Waals surface area contributed by atoms with Gasteiger partial charge in [-0.1, -0.05) is 11.6 Å². The molecular formula is C11H12ClF2NO3S. The highest BCUT2D eigenvalue weighted by molar-refractivity contribution is 7.89. The van der Waals surface area contributed by atoms with Gasteiger partial charge in [-0.05, 0) is 18.2 Å². The molecule has 1 aliphatic rings. The minimum Gasteiger partial charge on any atom is -0.495 e. The van der Waals surface area contributed by atoms with E-state index in [4.69, 9.17) is 16.3 Å². The second-order valence-corrected chi connectivity index (χ2v) is 6.55. The van der Waals surface area contributed by atoms with E-state index < -0.39 is 22.4 Å². The molecule has 0 N–H and O–H groups in total. The van der Waals surface area contributed by atoms with Crippen LogP contribution in [-0.2, 0) is 10.0 Å². The van der Waals surface area contributed by atoms with Gasteiger partial charge in [0.15, 0.2) is 0 Å². The van der Waals surface area contributed by atoms with Crippen LogP contribution in [-0.4, -0.2) is 39.3 Å². The number of hydrogen-bond donors (Lipinski definition) is 0. The van der Waals surface area contributed by atoms with Crippen molar-refractivity contribution in [2.75, 3.05) is 20.2 Å². The molecule has 0 unspecified atom stereocenters. The van der Waals surface area contributed by atoms with Crippen molar-refractivity contribution < 1.29 is 21.9 Å². The molecule has 1 heterocycles. The van der Waals surface area contributed by atoms with Crippen LogP contribution in [0.3, 0.4) is 0 Å². The molecule has 1 aromatic carbocycles. The van der Waals surface area contributed by atoms with Gasteiger partial charge in [-0.25, -0.2) is 17.2 Å². The third kappa shape index (κ3) is 2.68. The molecule has 0 saturated carbocycles. The maximum absolute atomic E-state index is 12.4. The van der Waals surface area contributed by atoms with E-state index in [2.05, 4.69) is 0 Å². The third-order valence-corrected chi connectivity index (χ3v) is 5.06. The van der Waals surface area contributed by atoms with E-state index in [1.165, 1.54) is 25.3 Å². The SMILES string of the molecule is COc1ccc(Cl)cc1S(=O)(=O)N1CC(C(F)F)C1. The summed E-state index contributed by atoms with van der Waals surface area (Å²) >= 11 is 5.77. The Bertz CT molecular complexity index is 573. The predicted octanol–water partition coefficient (Wildman–Crippen LogP) is 2.23. The number of nitrogens with zero attached hydrogens (tertiary/aromatic N) is 1. The van der Waals surface area contributed by atoms with Crippen LogP contribution in [0.2, 0.25) is 5.02 Å². The molecule has 2 rings (SSSR count). The molecule has 0 amide bonds. The van der Waals surface area contributed by atoms with Gasteiger partial charge in [0.2, 0.25) is 16.4 Å². The number of hydrogen-bond acceptors (Lipinski definition) is 3. The van der Waals surface area contributed by atoms with Crippen LogP contribution in [0.5, 0.6) is 5.75 Å². The summed E-state index contributed by atoms with van der Waals surface area (Å²) in [5, 5.41) is 0.241. The molecule has 1 aliphatic heterocycles. The van der Waals surface area contributed by atoms with Crippen molar-refractivity contribution in [2.45, 2.75) is 11.3 Å². The number of benzene rings is 1. The van der Waals surface area contributed by atoms with Crippen molar-refractivity contribution in [2.24, 2.45) is 5.92 Å². The van der Waals surface area contributed by atoms with Gasteiger partial charge in [0, 0.05) is 24.0 Å². The van der Waals surface area contributed by atoms with E-state index in [1.807, 2.05) is 0 Å². The summed E-state index contributed by atoms with van der Waals surface area (Å²) in [5.74, 6) is -0.759. The van der Waals surface area contributed by atoms with Crippen LogP contribution in [0.25, 0.3) is 0 Å². The standard InChI is InChI=1S/C11H12ClF2NO3S/c1-18-9-3-2-8(12)4-10(9)19(16,17)15-5-7(6-15)11(13)14/h2-4,7,11H,5-6H2,1H3. The molecule has 0 atom stereocenters. The number of alkyl halides is 2. The van der Waals surface area contributed by atoms with Crippen LogP contribution in [0.15, 0.2) is 23.1 Å². The first-order valence-electron chi connectivity index (χ1n) is 5.48. The number of methoxy groups -OCH3 is 1. The average molecular weight is 312 g/mol. The maximum atomic E-state index is 12.4. The van der Waals surface area contributed by atoms with E-state index in [0.29, 0.717) is 0 Å². The molecule has 8 heteroatoms. The van der Waals surface area contributed by atoms with Crippen LogP contribution < -0.4 is 4.74 Å². The summed E-state index contributed by atoms with van der Waals surface area (Å²) in [7, 11) is -2.51. The molecule has 4 nitrogen and oxygen atoms in total. The molecule has 0 bridgehead atoms. The predicted molar refractivity (Wildman–Crippen MR) is 66.3 cm³/mol. The zero-order valence-electron chi connectivity index (χ0n) is 10.0. The lowest BCUT2D eigenvalue weighted by Gasteiger charge is -2.37. The molecular weight excluding hydrogens is 300 g/mol. The van der Waals surface area contributed by atoms with Gasteiger partial charge in [-0.3, -0.25) is 0 Å². The smallest absolute Gasteiger partial charge is 0.246 e. The van der Waals surface area contributed by atoms with Gasteiger partial charge in [0.05, 0.1) is 7.11 Å². The van der Waals surface area contributed by atoms with Crippen LogP contribution in [0.4, 0.5) is 8.78 Å². The Morgan fingerprint density at radius 3 is 2.58 bits per heavy atom. The van der Waals surface area contributed by atoms with Crippen molar-refractivity contribution in [3.05, 3.63) is 23.2 Å². The van der Waals surface area contributed by atoms with E-state index in [1.54, 1.807) is 0 Å². The quantitative estimate of drug-likeness (QED) is 0.856. The number of ether oxygens (including phenoxy) is 1. The molecule has 1 saturated heterocycles. The van der Waals surface area contributed by atoms with Crippen LogP contribution in [0, 0.1) is 5.92 Å². The lowest BCUT2D eigenvalue weighted by molar-refractivity contribution is 0.0123. The molecule has 106 valence electrons. The molecule has 0 aromatic heterocycles. The molecule has 0 spiro atoms. The first-order chi connectivity index (χ1) is 8.86. The zero-order valence-corrected chi connectivity index (χ0v) is 11.6. The first kappa shape index (κ1) is 14.5. The fourth-order valence-electron chi connectivity index (χ4n) is 1.82. The van der Waals surface area contributed by atoms with Crippen molar-refractivity contribution >= 4 is 21.6 Å². The Balaban J connectivity index is 2.29. The monoisotopic (exact) mass is 311 g/mol. The number of rotatable bonds is 4. The van der Waals surface area contributed by atoms with E-state index in [9.17, 15) is 17.2 Å². The normalized spacial score (nSPS) is 17.5. The highest BCUT2D eigenvalue weighted by Crippen LogP contribution is 2.34. The van der Waals surface area contributed by atoms with Gasteiger partial charge < -0.3 is 4.74 Å². The number of halogens is 3. The van der Waals surface area contributed by atoms with Gasteiger partial charge >= 0.3 is 0 Å². The fourth-order valence-corrected chi connectivity index (χ4v) is 3.79. The topological polar surface area (TPSA) is 46.6 Å². The average Bonchev–Trinajstić information content (AvgIpc) is 2.25. The maximum Gasteiger partial charge on any atom is 0.246 e. The molecule has 19 heavy (non-hydrogen) atoms. The Morgan fingerprint density at radius 1 is 1.42 bits per heavy atom. The van der Waals surface area contributed by atoms with Gasteiger partial charge in [0.1, 0.15) is 10.6 Å². The Kier molecular flexibility index (Phi) is 3.98. The summed E-state index contributed by atoms with van der Waals surface area (Å²) in [6.07, 6.45) is -2.51. The van der Waals surface area contributed by atoms with Crippen molar-refractivity contribution in [3.8, 4) is 5.75 Å². The third-order valence-electron chi connectivity index (χ3n) is 2.98. The fraction of sp³-hybridized carbons (Fsp3) is 0.455. The molecule has 1 fully saturated rings. The lowest BCUT2D eigenvalue weighted by Crippen LogP contribution is -2.52. The van der Waals surface area contributed by atoms with E-state index in [0.717, 1.165) is 4.31 Å². The minimum absolute atomic E-state index is 0.102. The summed E-state index contributed by atoms with van der Waals surface area (Å²) in [5.41, 5.74) is 0. The summed E-state index contributed by atoms with van der Waals surface area (Å²) in [4.78, 5) is -0.102. The Labute approximate surface area is 115 Å². The Hall–Kier alpha value is -0.920. The van der Waals surface area contributed by atoms with Crippen molar-refractivity contribution in [3.63, 3.8) is 0 Å². The van der Waals surface area contributed by atoms with Crippen LogP contribution in [0.1, 0.15) is 0 Å². The van der Waals surface area contributed by atoms with Gasteiger partial charge in [-0.2, -0.15) is 4.31 Å². The Morgan fingerprint density at radius 2 is 2.05 bits per heavy atom. The van der Waals surface area contributed by atoms with Gasteiger partial charge in [0.25, 0.3) is 0 Å². The first-order valence-corrected chi connectivity index (χ1v) is 7.30. The summed E-state index contributed by atoms with van der Waals surface area (Å²) < 4.78 is 55.3. The number of sulfonamides is 1. The summed E-state index contributed by atoms with van der Waals surface area (Å²) in [6.45, 7) is -0.370. The minimum atomic E-state index is -3.84. The van der Waals surface area contributed by atoms with E-state index in [-0.39, 0.29) is 28.8 Å². The molecule has 0 radical (unpaired) electrons. The second kappa shape index (κ2) is 5.22. The van der Waals surface area contributed by atoms with Crippen molar-refractivity contribution in [1.29, 1.82) is 0 Å². The highest BCUT2D eigenvalue weighted by Gasteiger charge is 2.42.